The number of hydrogen-bond donors (Lipinski definition) is 1. The number of rotatable bonds is 1. The Hall–Kier alpha value is -1.40. The molecule has 1 N–H and O–H groups in total. The molecule has 3 heteroatoms. The first-order valence-corrected chi connectivity index (χ1v) is 4.90. The van der Waals surface area contributed by atoms with Crippen molar-refractivity contribution in [3.63, 3.8) is 0 Å². The summed E-state index contributed by atoms with van der Waals surface area (Å²) < 4.78 is 0. The zero-order valence-electron chi connectivity index (χ0n) is 8.03. The van der Waals surface area contributed by atoms with Crippen LogP contribution in [0, 0.1) is 12.3 Å². The minimum atomic E-state index is 0.476. The summed E-state index contributed by atoms with van der Waals surface area (Å²) in [4.78, 5) is 8.62. The third-order valence-corrected chi connectivity index (χ3v) is 2.53. The van der Waals surface area contributed by atoms with Gasteiger partial charge in [0.05, 0.1) is 0 Å². The van der Waals surface area contributed by atoms with E-state index in [-0.39, 0.29) is 0 Å². The molecule has 1 saturated heterocycles. The van der Waals surface area contributed by atoms with Crippen molar-refractivity contribution < 1.29 is 0 Å². The topological polar surface area (TPSA) is 37.8 Å². The summed E-state index contributed by atoms with van der Waals surface area (Å²) in [5.74, 6) is 3.92. The van der Waals surface area contributed by atoms with E-state index in [4.69, 9.17) is 6.42 Å². The molecule has 0 aromatic carbocycles. The van der Waals surface area contributed by atoms with Crippen LogP contribution in [-0.4, -0.2) is 23.1 Å². The van der Waals surface area contributed by atoms with Gasteiger partial charge in [-0.1, -0.05) is 5.92 Å². The SMILES string of the molecule is C#Cc1ccnc(C2CCNCC2)n1. The number of nitrogens with zero attached hydrogens (tertiary/aromatic N) is 2. The molecule has 0 radical (unpaired) electrons. The van der Waals surface area contributed by atoms with Gasteiger partial charge in [-0.2, -0.15) is 0 Å². The Kier molecular flexibility index (Phi) is 2.76. The van der Waals surface area contributed by atoms with Crippen molar-refractivity contribution in [2.24, 2.45) is 0 Å². The maximum Gasteiger partial charge on any atom is 0.132 e. The van der Waals surface area contributed by atoms with Crippen LogP contribution in [-0.2, 0) is 0 Å². The molecule has 0 saturated carbocycles. The van der Waals surface area contributed by atoms with E-state index >= 15 is 0 Å². The molecule has 2 heterocycles. The lowest BCUT2D eigenvalue weighted by molar-refractivity contribution is 0.444. The largest absolute Gasteiger partial charge is 0.317 e. The quantitative estimate of drug-likeness (QED) is 0.664. The summed E-state index contributed by atoms with van der Waals surface area (Å²) in [5, 5.41) is 3.32. The summed E-state index contributed by atoms with van der Waals surface area (Å²) >= 11 is 0. The fraction of sp³-hybridized carbons (Fsp3) is 0.455. The van der Waals surface area contributed by atoms with Gasteiger partial charge in [0, 0.05) is 12.1 Å². The van der Waals surface area contributed by atoms with Crippen LogP contribution in [0.25, 0.3) is 0 Å². The molecule has 0 bridgehead atoms. The normalized spacial score (nSPS) is 17.6. The van der Waals surface area contributed by atoms with Gasteiger partial charge in [0.2, 0.25) is 0 Å². The molecule has 0 aliphatic carbocycles. The molecule has 0 spiro atoms. The molecule has 0 atom stereocenters. The average Bonchev–Trinajstić information content (AvgIpc) is 2.30. The van der Waals surface area contributed by atoms with Crippen molar-refractivity contribution in [3.8, 4) is 12.3 Å². The van der Waals surface area contributed by atoms with Gasteiger partial charge in [-0.15, -0.1) is 6.42 Å². The lowest BCUT2D eigenvalue weighted by atomic mass is 9.97. The predicted octanol–water partition coefficient (Wildman–Crippen LogP) is 0.925. The van der Waals surface area contributed by atoms with Gasteiger partial charge in [-0.25, -0.2) is 9.97 Å². The first kappa shape index (κ1) is 9.17. The van der Waals surface area contributed by atoms with E-state index < -0.39 is 0 Å². The maximum absolute atomic E-state index is 5.30. The summed E-state index contributed by atoms with van der Waals surface area (Å²) in [6.45, 7) is 2.10. The highest BCUT2D eigenvalue weighted by molar-refractivity contribution is 5.23. The van der Waals surface area contributed by atoms with E-state index in [1.54, 1.807) is 12.3 Å². The Labute approximate surface area is 84.0 Å². The van der Waals surface area contributed by atoms with E-state index in [9.17, 15) is 0 Å². The van der Waals surface area contributed by atoms with Gasteiger partial charge in [0.25, 0.3) is 0 Å². The van der Waals surface area contributed by atoms with Gasteiger partial charge in [0.15, 0.2) is 0 Å². The van der Waals surface area contributed by atoms with Crippen molar-refractivity contribution in [2.75, 3.05) is 13.1 Å². The third kappa shape index (κ3) is 1.91. The lowest BCUT2D eigenvalue weighted by Crippen LogP contribution is -2.27. The van der Waals surface area contributed by atoms with Crippen molar-refractivity contribution in [3.05, 3.63) is 23.8 Å². The van der Waals surface area contributed by atoms with Crippen LogP contribution in [0.5, 0.6) is 0 Å². The van der Waals surface area contributed by atoms with Crippen LogP contribution in [0.1, 0.15) is 30.3 Å². The number of piperidine rings is 1. The summed E-state index contributed by atoms with van der Waals surface area (Å²) in [6, 6.07) is 1.77. The van der Waals surface area contributed by atoms with Gasteiger partial charge >= 0.3 is 0 Å². The lowest BCUT2D eigenvalue weighted by Gasteiger charge is -2.21. The highest BCUT2D eigenvalue weighted by Crippen LogP contribution is 2.21. The fourth-order valence-corrected chi connectivity index (χ4v) is 1.73. The summed E-state index contributed by atoms with van der Waals surface area (Å²) in [5.41, 5.74) is 0.688. The zero-order valence-corrected chi connectivity index (χ0v) is 8.03. The van der Waals surface area contributed by atoms with Crippen molar-refractivity contribution in [1.82, 2.24) is 15.3 Å². The zero-order chi connectivity index (χ0) is 9.80. The van der Waals surface area contributed by atoms with Gasteiger partial charge in [0.1, 0.15) is 11.5 Å². The van der Waals surface area contributed by atoms with Crippen LogP contribution in [0.4, 0.5) is 0 Å². The standard InChI is InChI=1S/C11H13N3/c1-2-10-5-8-13-11(14-10)9-3-6-12-7-4-9/h1,5,8-9,12H,3-4,6-7H2. The number of nitrogens with one attached hydrogen (secondary N) is 1. The molecule has 1 aromatic rings. The second kappa shape index (κ2) is 4.21. The van der Waals surface area contributed by atoms with Gasteiger partial charge in [-0.3, -0.25) is 0 Å². The fourth-order valence-electron chi connectivity index (χ4n) is 1.73. The first-order valence-electron chi connectivity index (χ1n) is 4.90. The minimum absolute atomic E-state index is 0.476. The smallest absolute Gasteiger partial charge is 0.132 e. The van der Waals surface area contributed by atoms with Crippen LogP contribution in [0.2, 0.25) is 0 Å². The molecule has 14 heavy (non-hydrogen) atoms. The van der Waals surface area contributed by atoms with Gasteiger partial charge < -0.3 is 5.32 Å². The van der Waals surface area contributed by atoms with Gasteiger partial charge in [-0.05, 0) is 32.0 Å². The molecular weight excluding hydrogens is 174 g/mol. The Morgan fingerprint density at radius 1 is 1.43 bits per heavy atom. The van der Waals surface area contributed by atoms with Crippen molar-refractivity contribution in [1.29, 1.82) is 0 Å². The average molecular weight is 187 g/mol. The number of terminal acetylenes is 1. The van der Waals surface area contributed by atoms with Crippen molar-refractivity contribution >= 4 is 0 Å². The van der Waals surface area contributed by atoms with Crippen molar-refractivity contribution in [2.45, 2.75) is 18.8 Å². The molecular formula is C11H13N3. The molecule has 2 rings (SSSR count). The van der Waals surface area contributed by atoms with E-state index in [2.05, 4.69) is 21.2 Å². The number of hydrogen-bond acceptors (Lipinski definition) is 3. The highest BCUT2D eigenvalue weighted by Gasteiger charge is 2.17. The maximum atomic E-state index is 5.30. The monoisotopic (exact) mass is 187 g/mol. The molecule has 1 fully saturated rings. The first-order chi connectivity index (χ1) is 6.90. The van der Waals surface area contributed by atoms with E-state index in [1.807, 2.05) is 0 Å². The van der Waals surface area contributed by atoms with Crippen LogP contribution in [0.3, 0.4) is 0 Å². The van der Waals surface area contributed by atoms with E-state index in [1.165, 1.54) is 0 Å². The van der Waals surface area contributed by atoms with E-state index in [0.717, 1.165) is 31.8 Å². The Bertz CT molecular complexity index is 348. The molecule has 1 aliphatic rings. The molecule has 1 aliphatic heterocycles. The molecule has 1 aromatic heterocycles. The molecule has 0 unspecified atom stereocenters. The second-order valence-electron chi connectivity index (χ2n) is 3.47. The Morgan fingerprint density at radius 2 is 2.21 bits per heavy atom. The predicted molar refractivity (Wildman–Crippen MR) is 54.8 cm³/mol. The molecule has 72 valence electrons. The van der Waals surface area contributed by atoms with Crippen LogP contribution in [0.15, 0.2) is 12.3 Å². The summed E-state index contributed by atoms with van der Waals surface area (Å²) in [7, 11) is 0. The van der Waals surface area contributed by atoms with Crippen LogP contribution < -0.4 is 5.32 Å². The molecule has 3 nitrogen and oxygen atoms in total. The summed E-state index contributed by atoms with van der Waals surface area (Å²) in [6.07, 6.45) is 9.26. The minimum Gasteiger partial charge on any atom is -0.317 e. The Balaban J connectivity index is 2.18. The highest BCUT2D eigenvalue weighted by atomic mass is 14.9. The van der Waals surface area contributed by atoms with Crippen LogP contribution >= 0.6 is 0 Å². The number of aromatic nitrogens is 2. The molecule has 0 amide bonds. The Morgan fingerprint density at radius 3 is 2.93 bits per heavy atom. The second-order valence-corrected chi connectivity index (χ2v) is 3.47. The third-order valence-electron chi connectivity index (χ3n) is 2.53. The van der Waals surface area contributed by atoms with E-state index in [0.29, 0.717) is 11.6 Å².